The van der Waals surface area contributed by atoms with Gasteiger partial charge in [0.15, 0.2) is 6.10 Å². The van der Waals surface area contributed by atoms with Crippen molar-refractivity contribution < 1.29 is 43.4 Å². The summed E-state index contributed by atoms with van der Waals surface area (Å²) in [7, 11) is 0. The number of non-ortho nitro benzene ring substituents is 1. The monoisotopic (exact) mass is 507 g/mol. The summed E-state index contributed by atoms with van der Waals surface area (Å²) in [6.07, 6.45) is -5.49. The molecular weight excluding hydrogens is 486 g/mol. The van der Waals surface area contributed by atoms with Gasteiger partial charge in [0, 0.05) is 12.1 Å². The molecule has 37 heavy (non-hydrogen) atoms. The number of ether oxygens (including phenoxy) is 4. The Hall–Kier alpha value is -4.61. The second-order valence-corrected chi connectivity index (χ2v) is 7.91. The first-order valence-electron chi connectivity index (χ1n) is 11.1. The van der Waals surface area contributed by atoms with Crippen LogP contribution in [-0.2, 0) is 18.9 Å². The van der Waals surface area contributed by atoms with Crippen LogP contribution in [0.3, 0.4) is 0 Å². The fourth-order valence-electron chi connectivity index (χ4n) is 3.63. The number of rotatable bonds is 8. The standard InChI is InChI=1S/C26H21NO10/c28-15-20-21(35-23(29)16-7-3-1-4-8-16)22(36-24(30)17-9-5-2-6-10-17)26(34-20)37-25(31)18-11-13-19(14-12-18)27(32)33/h1-14,20-22,26,28H,15H2/t20-,21-,22-,26?/m1/s1. The Morgan fingerprint density at radius 2 is 1.19 bits per heavy atom. The number of hydrogen-bond donors (Lipinski definition) is 1. The Bertz CT molecular complexity index is 1260. The highest BCUT2D eigenvalue weighted by Crippen LogP contribution is 2.30. The van der Waals surface area contributed by atoms with Crippen LogP contribution in [0.15, 0.2) is 84.9 Å². The normalized spacial score (nSPS) is 20.6. The predicted molar refractivity (Wildman–Crippen MR) is 126 cm³/mol. The third kappa shape index (κ3) is 5.97. The van der Waals surface area contributed by atoms with Crippen LogP contribution in [0.1, 0.15) is 31.1 Å². The number of nitro benzene ring substituents is 1. The number of nitrogens with zero attached hydrogens (tertiary/aromatic N) is 1. The van der Waals surface area contributed by atoms with Crippen LogP contribution in [0, 0.1) is 10.1 Å². The maximum absolute atomic E-state index is 12.8. The number of aliphatic hydroxyl groups excluding tert-OH is 1. The molecule has 4 rings (SSSR count). The topological polar surface area (TPSA) is 152 Å². The minimum absolute atomic E-state index is 0.0346. The molecule has 0 aromatic heterocycles. The molecule has 0 saturated carbocycles. The van der Waals surface area contributed by atoms with Crippen molar-refractivity contribution in [2.75, 3.05) is 6.61 Å². The average molecular weight is 507 g/mol. The molecule has 3 aromatic rings. The lowest BCUT2D eigenvalue weighted by Crippen LogP contribution is -2.42. The maximum atomic E-state index is 12.8. The predicted octanol–water partition coefficient (Wildman–Crippen LogP) is 2.92. The van der Waals surface area contributed by atoms with Gasteiger partial charge in [0.2, 0.25) is 12.4 Å². The molecule has 11 heteroatoms. The van der Waals surface area contributed by atoms with E-state index in [0.29, 0.717) is 0 Å². The van der Waals surface area contributed by atoms with Gasteiger partial charge in [0.1, 0.15) is 6.10 Å². The molecule has 1 heterocycles. The molecule has 3 aromatic carbocycles. The van der Waals surface area contributed by atoms with E-state index in [1.54, 1.807) is 36.4 Å². The minimum Gasteiger partial charge on any atom is -0.452 e. The van der Waals surface area contributed by atoms with Crippen molar-refractivity contribution in [3.63, 3.8) is 0 Å². The lowest BCUT2D eigenvalue weighted by molar-refractivity contribution is -0.384. The van der Waals surface area contributed by atoms with E-state index in [2.05, 4.69) is 0 Å². The average Bonchev–Trinajstić information content (AvgIpc) is 3.24. The van der Waals surface area contributed by atoms with E-state index in [1.807, 2.05) is 0 Å². The van der Waals surface area contributed by atoms with Crippen LogP contribution >= 0.6 is 0 Å². The molecule has 11 nitrogen and oxygen atoms in total. The second kappa shape index (κ2) is 11.4. The number of benzene rings is 3. The van der Waals surface area contributed by atoms with Gasteiger partial charge in [-0.15, -0.1) is 0 Å². The number of carbonyl (C=O) groups excluding carboxylic acids is 3. The van der Waals surface area contributed by atoms with Gasteiger partial charge in [-0.05, 0) is 36.4 Å². The molecule has 0 aliphatic carbocycles. The fourth-order valence-corrected chi connectivity index (χ4v) is 3.63. The van der Waals surface area contributed by atoms with Gasteiger partial charge in [-0.2, -0.15) is 0 Å². The fraction of sp³-hybridized carbons (Fsp3) is 0.192. The van der Waals surface area contributed by atoms with Crippen molar-refractivity contribution in [1.82, 2.24) is 0 Å². The molecule has 1 saturated heterocycles. The zero-order chi connectivity index (χ0) is 26.4. The zero-order valence-electron chi connectivity index (χ0n) is 19.2. The smallest absolute Gasteiger partial charge is 0.340 e. The first kappa shape index (κ1) is 25.5. The van der Waals surface area contributed by atoms with Gasteiger partial charge < -0.3 is 24.1 Å². The van der Waals surface area contributed by atoms with Gasteiger partial charge in [0.05, 0.1) is 28.2 Å². The summed E-state index contributed by atoms with van der Waals surface area (Å²) < 4.78 is 22.1. The largest absolute Gasteiger partial charge is 0.452 e. The Balaban J connectivity index is 1.58. The molecule has 0 spiro atoms. The van der Waals surface area contributed by atoms with Gasteiger partial charge in [0.25, 0.3) is 5.69 Å². The number of nitro groups is 1. The van der Waals surface area contributed by atoms with E-state index in [4.69, 9.17) is 18.9 Å². The molecule has 0 bridgehead atoms. The van der Waals surface area contributed by atoms with Crippen LogP contribution < -0.4 is 0 Å². The summed E-state index contributed by atoms with van der Waals surface area (Å²) in [5, 5.41) is 20.8. The van der Waals surface area contributed by atoms with Gasteiger partial charge >= 0.3 is 17.9 Å². The highest BCUT2D eigenvalue weighted by Gasteiger charge is 2.51. The Morgan fingerprint density at radius 3 is 1.68 bits per heavy atom. The molecule has 1 fully saturated rings. The maximum Gasteiger partial charge on any atom is 0.340 e. The quantitative estimate of drug-likeness (QED) is 0.208. The molecule has 190 valence electrons. The number of esters is 3. The summed E-state index contributed by atoms with van der Waals surface area (Å²) in [4.78, 5) is 48.6. The van der Waals surface area contributed by atoms with Crippen LogP contribution in [0.25, 0.3) is 0 Å². The van der Waals surface area contributed by atoms with Crippen LogP contribution in [0.5, 0.6) is 0 Å². The van der Waals surface area contributed by atoms with E-state index in [1.165, 1.54) is 36.4 Å². The Kier molecular flexibility index (Phi) is 7.86. The van der Waals surface area contributed by atoms with Crippen LogP contribution in [-0.4, -0.2) is 59.1 Å². The van der Waals surface area contributed by atoms with E-state index < -0.39 is 54.0 Å². The highest BCUT2D eigenvalue weighted by molar-refractivity contribution is 5.91. The van der Waals surface area contributed by atoms with E-state index in [0.717, 1.165) is 12.1 Å². The van der Waals surface area contributed by atoms with Gasteiger partial charge in [-0.1, -0.05) is 36.4 Å². The molecular formula is C26H21NO10. The minimum atomic E-state index is -1.55. The lowest BCUT2D eigenvalue weighted by Gasteiger charge is -2.23. The number of aliphatic hydroxyl groups is 1. The van der Waals surface area contributed by atoms with Gasteiger partial charge in [-0.3, -0.25) is 10.1 Å². The number of hydrogen-bond acceptors (Lipinski definition) is 10. The first-order chi connectivity index (χ1) is 17.9. The molecule has 1 unspecified atom stereocenters. The Labute approximate surface area is 210 Å². The Morgan fingerprint density at radius 1 is 0.730 bits per heavy atom. The zero-order valence-corrected chi connectivity index (χ0v) is 19.2. The van der Waals surface area contributed by atoms with Crippen molar-refractivity contribution in [1.29, 1.82) is 0 Å². The molecule has 1 N–H and O–H groups in total. The van der Waals surface area contributed by atoms with Gasteiger partial charge in [-0.25, -0.2) is 14.4 Å². The SMILES string of the molecule is O=C(OC1O[C@H](CO)[C@@H](OC(=O)c2ccccc2)[C@H]1OC(=O)c1ccccc1)c1ccc([N+](=O)[O-])cc1. The summed E-state index contributed by atoms with van der Waals surface area (Å²) in [6.45, 7) is -0.641. The summed E-state index contributed by atoms with van der Waals surface area (Å²) >= 11 is 0. The molecule has 0 amide bonds. The molecule has 1 aliphatic heterocycles. The van der Waals surface area contributed by atoms with Crippen molar-refractivity contribution in [3.05, 3.63) is 112 Å². The van der Waals surface area contributed by atoms with E-state index in [9.17, 15) is 29.6 Å². The molecule has 0 radical (unpaired) electrons. The van der Waals surface area contributed by atoms with E-state index >= 15 is 0 Å². The van der Waals surface area contributed by atoms with Crippen molar-refractivity contribution >= 4 is 23.6 Å². The summed E-state index contributed by atoms with van der Waals surface area (Å²) in [5.41, 5.74) is 0.131. The first-order valence-corrected chi connectivity index (χ1v) is 11.1. The summed E-state index contributed by atoms with van der Waals surface area (Å²) in [5.74, 6) is -2.51. The van der Waals surface area contributed by atoms with E-state index in [-0.39, 0.29) is 22.4 Å². The van der Waals surface area contributed by atoms with Crippen LogP contribution in [0.2, 0.25) is 0 Å². The van der Waals surface area contributed by atoms with Crippen LogP contribution in [0.4, 0.5) is 5.69 Å². The number of carbonyl (C=O) groups is 3. The third-order valence-corrected chi connectivity index (χ3v) is 5.49. The third-order valence-electron chi connectivity index (χ3n) is 5.49. The molecule has 1 aliphatic rings. The lowest BCUT2D eigenvalue weighted by atomic mass is 10.1. The highest BCUT2D eigenvalue weighted by atomic mass is 16.7. The summed E-state index contributed by atoms with van der Waals surface area (Å²) in [6, 6.07) is 20.6. The van der Waals surface area contributed by atoms with Crippen molar-refractivity contribution in [2.24, 2.45) is 0 Å². The van der Waals surface area contributed by atoms with Crippen molar-refractivity contribution in [2.45, 2.75) is 24.6 Å². The second-order valence-electron chi connectivity index (χ2n) is 7.91. The van der Waals surface area contributed by atoms with Crippen molar-refractivity contribution in [3.8, 4) is 0 Å². The molecule has 4 atom stereocenters.